The van der Waals surface area contributed by atoms with E-state index in [2.05, 4.69) is 5.32 Å². The molecule has 1 aliphatic rings. The summed E-state index contributed by atoms with van der Waals surface area (Å²) in [7, 11) is 0. The minimum Gasteiger partial charge on any atom is -0.390 e. The lowest BCUT2D eigenvalue weighted by atomic mass is 9.91. The van der Waals surface area contributed by atoms with Crippen LogP contribution in [-0.2, 0) is 4.79 Å². The van der Waals surface area contributed by atoms with Crippen LogP contribution in [0.15, 0.2) is 12.1 Å². The van der Waals surface area contributed by atoms with Crippen LogP contribution in [0.2, 0.25) is 0 Å². The van der Waals surface area contributed by atoms with E-state index < -0.39 is 23.9 Å². The van der Waals surface area contributed by atoms with Crippen molar-refractivity contribution >= 4 is 17.4 Å². The second-order valence-electron chi connectivity index (χ2n) is 4.59. The number of benzene rings is 1. The zero-order valence-electron chi connectivity index (χ0n) is 10.5. The molecular formula is C13H16N2O4. The normalized spacial score (nSPS) is 17.1. The minimum atomic E-state index is -1.24. The molecule has 2 unspecified atom stereocenters. The Morgan fingerprint density at radius 2 is 2.00 bits per heavy atom. The van der Waals surface area contributed by atoms with Crippen LogP contribution in [0.1, 0.15) is 34.0 Å². The predicted molar refractivity (Wildman–Crippen MR) is 68.8 cm³/mol. The highest BCUT2D eigenvalue weighted by Gasteiger charge is 2.35. The Kier molecular flexibility index (Phi) is 3.66. The standard InChI is InChI=1S/C13H16N2O4/c1-6-2-3-7-10(12(18)13(19)15-7)9(6)11(17)8(16)4-5-14/h2-3,8,11,16-17H,4-5,14H2,1H3,(H,15,18,19). The Balaban J connectivity index is 2.49. The molecule has 0 fully saturated rings. The molecule has 0 aliphatic carbocycles. The smallest absolute Gasteiger partial charge is 0.296 e. The third-order valence-electron chi connectivity index (χ3n) is 3.27. The van der Waals surface area contributed by atoms with Gasteiger partial charge >= 0.3 is 0 Å². The molecule has 0 spiro atoms. The number of anilines is 1. The first-order valence-corrected chi connectivity index (χ1v) is 6.02. The Hall–Kier alpha value is -1.76. The Bertz CT molecular complexity index is 542. The number of Topliss-reactive ketones (excluding diaryl/α,β-unsaturated/α-hetero) is 1. The number of nitrogens with one attached hydrogen (secondary N) is 1. The molecule has 1 amide bonds. The fraction of sp³-hybridized carbons (Fsp3) is 0.385. The van der Waals surface area contributed by atoms with E-state index in [1.165, 1.54) is 0 Å². The number of nitrogens with two attached hydrogens (primary N) is 1. The summed E-state index contributed by atoms with van der Waals surface area (Å²) < 4.78 is 0. The van der Waals surface area contributed by atoms with E-state index in [0.29, 0.717) is 16.8 Å². The maximum Gasteiger partial charge on any atom is 0.296 e. The Morgan fingerprint density at radius 3 is 2.63 bits per heavy atom. The molecule has 1 aromatic rings. The number of aliphatic hydroxyl groups excluding tert-OH is 2. The molecule has 0 saturated heterocycles. The molecule has 0 radical (unpaired) electrons. The molecule has 0 aromatic heterocycles. The van der Waals surface area contributed by atoms with Gasteiger partial charge in [-0.3, -0.25) is 9.59 Å². The Morgan fingerprint density at radius 1 is 1.32 bits per heavy atom. The molecule has 6 heteroatoms. The quantitative estimate of drug-likeness (QED) is 0.566. The molecule has 1 aromatic carbocycles. The van der Waals surface area contributed by atoms with Crippen molar-refractivity contribution in [1.29, 1.82) is 0 Å². The van der Waals surface area contributed by atoms with Gasteiger partial charge in [0, 0.05) is 0 Å². The fourth-order valence-electron chi connectivity index (χ4n) is 2.27. The number of amides is 1. The number of carbonyl (C=O) groups is 2. The van der Waals surface area contributed by atoms with Crippen LogP contribution in [-0.4, -0.2) is 34.6 Å². The van der Waals surface area contributed by atoms with Crippen LogP contribution in [0.5, 0.6) is 0 Å². The third kappa shape index (κ3) is 2.25. The van der Waals surface area contributed by atoms with Crippen molar-refractivity contribution in [3.8, 4) is 0 Å². The summed E-state index contributed by atoms with van der Waals surface area (Å²) in [5.74, 6) is -1.41. The summed E-state index contributed by atoms with van der Waals surface area (Å²) in [6.45, 7) is 1.93. The van der Waals surface area contributed by atoms with Gasteiger partial charge in [-0.15, -0.1) is 0 Å². The number of aryl methyl sites for hydroxylation is 1. The monoisotopic (exact) mass is 264 g/mol. The van der Waals surface area contributed by atoms with Gasteiger partial charge in [0.05, 0.1) is 17.4 Å². The molecule has 19 heavy (non-hydrogen) atoms. The van der Waals surface area contributed by atoms with Crippen LogP contribution >= 0.6 is 0 Å². The molecule has 2 rings (SSSR count). The van der Waals surface area contributed by atoms with E-state index in [0.717, 1.165) is 0 Å². The Labute approximate surface area is 110 Å². The van der Waals surface area contributed by atoms with Crippen LogP contribution in [0.3, 0.4) is 0 Å². The summed E-state index contributed by atoms with van der Waals surface area (Å²) >= 11 is 0. The number of hydrogen-bond donors (Lipinski definition) is 4. The molecule has 0 saturated carbocycles. The number of aliphatic hydroxyl groups is 2. The molecule has 102 valence electrons. The second kappa shape index (κ2) is 5.08. The van der Waals surface area contributed by atoms with Gasteiger partial charge in [-0.1, -0.05) is 6.07 Å². The van der Waals surface area contributed by atoms with Gasteiger partial charge in [0.2, 0.25) is 0 Å². The first-order valence-electron chi connectivity index (χ1n) is 6.02. The number of carbonyl (C=O) groups excluding carboxylic acids is 2. The van der Waals surface area contributed by atoms with Crippen molar-refractivity contribution in [2.45, 2.75) is 25.6 Å². The van der Waals surface area contributed by atoms with Gasteiger partial charge in [-0.25, -0.2) is 0 Å². The average Bonchev–Trinajstić information content (AvgIpc) is 2.65. The van der Waals surface area contributed by atoms with Crippen LogP contribution in [0.25, 0.3) is 0 Å². The molecule has 6 nitrogen and oxygen atoms in total. The van der Waals surface area contributed by atoms with Crippen molar-refractivity contribution < 1.29 is 19.8 Å². The van der Waals surface area contributed by atoms with Gasteiger partial charge in [0.25, 0.3) is 11.7 Å². The first-order chi connectivity index (χ1) is 8.97. The lowest BCUT2D eigenvalue weighted by molar-refractivity contribution is -0.112. The molecule has 5 N–H and O–H groups in total. The van der Waals surface area contributed by atoms with Crippen molar-refractivity contribution in [1.82, 2.24) is 0 Å². The van der Waals surface area contributed by atoms with E-state index in [4.69, 9.17) is 5.73 Å². The number of ketones is 1. The maximum absolute atomic E-state index is 11.8. The van der Waals surface area contributed by atoms with Crippen LogP contribution in [0.4, 0.5) is 5.69 Å². The highest BCUT2D eigenvalue weighted by atomic mass is 16.3. The average molecular weight is 264 g/mol. The van der Waals surface area contributed by atoms with Gasteiger partial charge in [-0.2, -0.15) is 0 Å². The lowest BCUT2D eigenvalue weighted by Gasteiger charge is -2.21. The van der Waals surface area contributed by atoms with Gasteiger partial charge < -0.3 is 21.3 Å². The predicted octanol–water partition coefficient (Wildman–Crippen LogP) is -0.127. The van der Waals surface area contributed by atoms with Crippen LogP contribution < -0.4 is 11.1 Å². The largest absolute Gasteiger partial charge is 0.390 e. The summed E-state index contributed by atoms with van der Waals surface area (Å²) in [6, 6.07) is 3.30. The van der Waals surface area contributed by atoms with Crippen molar-refractivity contribution in [2.24, 2.45) is 5.73 Å². The lowest BCUT2D eigenvalue weighted by Crippen LogP contribution is -2.24. The zero-order valence-corrected chi connectivity index (χ0v) is 10.5. The molecule has 1 heterocycles. The molecule has 0 bridgehead atoms. The summed E-state index contributed by atoms with van der Waals surface area (Å²) in [6.07, 6.45) is -2.10. The van der Waals surface area contributed by atoms with E-state index >= 15 is 0 Å². The highest BCUT2D eigenvalue weighted by Crippen LogP contribution is 2.34. The number of hydrogen-bond acceptors (Lipinski definition) is 5. The van der Waals surface area contributed by atoms with E-state index in [1.54, 1.807) is 19.1 Å². The van der Waals surface area contributed by atoms with Crippen molar-refractivity contribution in [2.75, 3.05) is 11.9 Å². The van der Waals surface area contributed by atoms with Gasteiger partial charge in [-0.05, 0) is 37.1 Å². The summed E-state index contributed by atoms with van der Waals surface area (Å²) in [5, 5.41) is 22.4. The number of rotatable bonds is 4. The van der Waals surface area contributed by atoms with Crippen molar-refractivity contribution in [3.63, 3.8) is 0 Å². The highest BCUT2D eigenvalue weighted by molar-refractivity contribution is 6.52. The van der Waals surface area contributed by atoms with E-state index in [-0.39, 0.29) is 18.5 Å². The summed E-state index contributed by atoms with van der Waals surface area (Å²) in [5.41, 5.74) is 6.80. The van der Waals surface area contributed by atoms with Crippen LogP contribution in [0, 0.1) is 6.92 Å². The topological polar surface area (TPSA) is 113 Å². The molecule has 2 atom stereocenters. The van der Waals surface area contributed by atoms with E-state index in [9.17, 15) is 19.8 Å². The fourth-order valence-corrected chi connectivity index (χ4v) is 2.27. The maximum atomic E-state index is 11.8. The zero-order chi connectivity index (χ0) is 14.2. The number of fused-ring (bicyclic) bond motifs is 1. The molecule has 1 aliphatic heterocycles. The summed E-state index contributed by atoms with van der Waals surface area (Å²) in [4.78, 5) is 23.2. The third-order valence-corrected chi connectivity index (χ3v) is 3.27. The molecular weight excluding hydrogens is 248 g/mol. The van der Waals surface area contributed by atoms with E-state index in [1.807, 2.05) is 0 Å². The van der Waals surface area contributed by atoms with Gasteiger partial charge in [0.15, 0.2) is 0 Å². The minimum absolute atomic E-state index is 0.147. The second-order valence-corrected chi connectivity index (χ2v) is 4.59. The van der Waals surface area contributed by atoms with Crippen molar-refractivity contribution in [3.05, 3.63) is 28.8 Å². The van der Waals surface area contributed by atoms with Gasteiger partial charge in [0.1, 0.15) is 6.10 Å². The first kappa shape index (κ1) is 13.7. The SMILES string of the molecule is Cc1ccc2c(c1C(O)C(O)CCN)C(=O)C(=O)N2.